The molecule has 0 bridgehead atoms. The average molecular weight is 447 g/mol. The van der Waals surface area contributed by atoms with Crippen LogP contribution in [0.5, 0.6) is 0 Å². The van der Waals surface area contributed by atoms with E-state index >= 15 is 0 Å². The van der Waals surface area contributed by atoms with Crippen LogP contribution in [0, 0.1) is 12.7 Å². The van der Waals surface area contributed by atoms with Gasteiger partial charge < -0.3 is 10.2 Å². The summed E-state index contributed by atoms with van der Waals surface area (Å²) < 4.78 is 14.5. The highest BCUT2D eigenvalue weighted by atomic mass is 19.1. The maximum Gasteiger partial charge on any atom is 0.243 e. The Bertz CT molecular complexity index is 1060. The lowest BCUT2D eigenvalue weighted by Gasteiger charge is -2.32. The molecule has 3 aromatic carbocycles. The fourth-order valence-electron chi connectivity index (χ4n) is 3.73. The molecule has 0 aliphatic rings. The van der Waals surface area contributed by atoms with Crippen molar-refractivity contribution in [2.45, 2.75) is 52.2 Å². The second kappa shape index (κ2) is 11.4. The summed E-state index contributed by atoms with van der Waals surface area (Å²) in [5, 5.41) is 2.94. The van der Waals surface area contributed by atoms with Gasteiger partial charge >= 0.3 is 0 Å². The van der Waals surface area contributed by atoms with Crippen molar-refractivity contribution in [2.75, 3.05) is 0 Å². The molecule has 0 heterocycles. The number of hydrogen-bond acceptors (Lipinski definition) is 2. The Hall–Kier alpha value is -3.47. The minimum atomic E-state index is -0.771. The first-order valence-corrected chi connectivity index (χ1v) is 11.3. The van der Waals surface area contributed by atoms with Crippen molar-refractivity contribution >= 4 is 11.8 Å². The van der Waals surface area contributed by atoms with Gasteiger partial charge in [-0.25, -0.2) is 4.39 Å². The monoisotopic (exact) mass is 446 g/mol. The van der Waals surface area contributed by atoms with E-state index in [-0.39, 0.29) is 30.8 Å². The predicted molar refractivity (Wildman–Crippen MR) is 129 cm³/mol. The van der Waals surface area contributed by atoms with Crippen molar-refractivity contribution in [3.05, 3.63) is 107 Å². The van der Waals surface area contributed by atoms with Crippen LogP contribution in [-0.4, -0.2) is 28.8 Å². The fraction of sp³-hybridized carbons (Fsp3) is 0.286. The Labute approximate surface area is 195 Å². The van der Waals surface area contributed by atoms with Crippen molar-refractivity contribution in [3.8, 4) is 0 Å². The molecule has 3 aromatic rings. The third-order valence-corrected chi connectivity index (χ3v) is 5.48. The van der Waals surface area contributed by atoms with Crippen molar-refractivity contribution in [1.82, 2.24) is 10.2 Å². The predicted octanol–water partition coefficient (Wildman–Crippen LogP) is 4.84. The minimum Gasteiger partial charge on any atom is -0.352 e. The number of hydrogen-bond donors (Lipinski definition) is 1. The number of aryl methyl sites for hydroxylation is 1. The second-order valence-corrected chi connectivity index (χ2v) is 8.64. The first-order valence-electron chi connectivity index (χ1n) is 11.3. The van der Waals surface area contributed by atoms with Gasteiger partial charge in [-0.3, -0.25) is 9.59 Å². The number of nitrogens with zero attached hydrogens (tertiary/aromatic N) is 1. The number of benzene rings is 3. The van der Waals surface area contributed by atoms with Crippen molar-refractivity contribution < 1.29 is 14.0 Å². The molecular formula is C28H31FN2O2. The highest BCUT2D eigenvalue weighted by molar-refractivity contribution is 5.89. The number of halogens is 1. The van der Waals surface area contributed by atoms with Gasteiger partial charge in [0.05, 0.1) is 6.42 Å². The summed E-state index contributed by atoms with van der Waals surface area (Å²) in [6.45, 7) is 5.77. The molecule has 5 heteroatoms. The van der Waals surface area contributed by atoms with Crippen molar-refractivity contribution in [1.29, 1.82) is 0 Å². The van der Waals surface area contributed by atoms with Gasteiger partial charge in [0.2, 0.25) is 11.8 Å². The molecule has 1 atom stereocenters. The van der Waals surface area contributed by atoms with Gasteiger partial charge in [-0.05, 0) is 38.0 Å². The van der Waals surface area contributed by atoms with E-state index in [0.717, 1.165) is 16.7 Å². The zero-order valence-electron chi connectivity index (χ0n) is 19.4. The summed E-state index contributed by atoms with van der Waals surface area (Å²) >= 11 is 0. The topological polar surface area (TPSA) is 49.4 Å². The highest BCUT2D eigenvalue weighted by Gasteiger charge is 2.31. The third-order valence-electron chi connectivity index (χ3n) is 5.48. The van der Waals surface area contributed by atoms with Crippen LogP contribution in [0.4, 0.5) is 4.39 Å². The van der Waals surface area contributed by atoms with Gasteiger partial charge in [-0.1, -0.05) is 78.4 Å². The molecule has 0 fully saturated rings. The van der Waals surface area contributed by atoms with Gasteiger partial charge in [0, 0.05) is 24.6 Å². The number of rotatable bonds is 9. The Morgan fingerprint density at radius 2 is 1.52 bits per heavy atom. The smallest absolute Gasteiger partial charge is 0.243 e. The largest absolute Gasteiger partial charge is 0.352 e. The quantitative estimate of drug-likeness (QED) is 0.511. The summed E-state index contributed by atoms with van der Waals surface area (Å²) in [6.07, 6.45) is 0.475. The molecule has 1 N–H and O–H groups in total. The Balaban J connectivity index is 1.97. The van der Waals surface area contributed by atoms with E-state index in [1.165, 1.54) is 11.0 Å². The number of nitrogens with one attached hydrogen (secondary N) is 1. The molecule has 33 heavy (non-hydrogen) atoms. The summed E-state index contributed by atoms with van der Waals surface area (Å²) in [6, 6.07) is 22.8. The van der Waals surface area contributed by atoms with Crippen LogP contribution in [0.15, 0.2) is 78.9 Å². The van der Waals surface area contributed by atoms with Crippen LogP contribution >= 0.6 is 0 Å². The molecule has 0 aliphatic carbocycles. The normalized spacial score (nSPS) is 11.8. The van der Waals surface area contributed by atoms with Gasteiger partial charge in [0.1, 0.15) is 11.9 Å². The Morgan fingerprint density at radius 3 is 2.15 bits per heavy atom. The minimum absolute atomic E-state index is 0.0143. The lowest BCUT2D eigenvalue weighted by Crippen LogP contribution is -2.52. The molecule has 2 amide bonds. The van der Waals surface area contributed by atoms with Crippen LogP contribution < -0.4 is 5.32 Å². The van der Waals surface area contributed by atoms with E-state index in [1.54, 1.807) is 18.2 Å². The molecule has 172 valence electrons. The number of carbonyl (C=O) groups is 2. The number of carbonyl (C=O) groups excluding carboxylic acids is 2. The van der Waals surface area contributed by atoms with E-state index in [2.05, 4.69) is 5.32 Å². The fourth-order valence-corrected chi connectivity index (χ4v) is 3.73. The lowest BCUT2D eigenvalue weighted by molar-refractivity contribution is -0.141. The van der Waals surface area contributed by atoms with E-state index < -0.39 is 11.9 Å². The zero-order chi connectivity index (χ0) is 23.8. The molecular weight excluding hydrogens is 415 g/mol. The lowest BCUT2D eigenvalue weighted by atomic mass is 10.0. The molecule has 0 saturated heterocycles. The Kier molecular flexibility index (Phi) is 8.36. The molecule has 0 aliphatic heterocycles. The first-order chi connectivity index (χ1) is 15.8. The van der Waals surface area contributed by atoms with E-state index in [1.807, 2.05) is 75.4 Å². The van der Waals surface area contributed by atoms with Crippen LogP contribution in [0.25, 0.3) is 0 Å². The van der Waals surface area contributed by atoms with Gasteiger partial charge in [0.15, 0.2) is 0 Å². The van der Waals surface area contributed by atoms with Gasteiger partial charge in [0.25, 0.3) is 0 Å². The van der Waals surface area contributed by atoms with Crippen molar-refractivity contribution in [3.63, 3.8) is 0 Å². The van der Waals surface area contributed by atoms with Crippen LogP contribution in [0.1, 0.15) is 36.1 Å². The van der Waals surface area contributed by atoms with Crippen molar-refractivity contribution in [2.24, 2.45) is 0 Å². The molecule has 0 aromatic heterocycles. The molecule has 4 nitrogen and oxygen atoms in total. The SMILES string of the molecule is Cc1ccc(CC(=O)N(Cc2ccccc2F)C(Cc2ccccc2)C(=O)NC(C)C)cc1. The van der Waals surface area contributed by atoms with Gasteiger partial charge in [-0.15, -0.1) is 0 Å². The van der Waals surface area contributed by atoms with E-state index in [4.69, 9.17) is 0 Å². The van der Waals surface area contributed by atoms with Crippen LogP contribution in [0.2, 0.25) is 0 Å². The maximum absolute atomic E-state index is 14.5. The summed E-state index contributed by atoms with van der Waals surface area (Å²) in [4.78, 5) is 28.4. The Morgan fingerprint density at radius 1 is 0.879 bits per heavy atom. The molecule has 0 radical (unpaired) electrons. The number of amides is 2. The average Bonchev–Trinajstić information content (AvgIpc) is 2.79. The van der Waals surface area contributed by atoms with Crippen LogP contribution in [-0.2, 0) is 29.0 Å². The molecule has 0 spiro atoms. The van der Waals surface area contributed by atoms with Gasteiger partial charge in [-0.2, -0.15) is 0 Å². The highest BCUT2D eigenvalue weighted by Crippen LogP contribution is 2.18. The first kappa shape index (κ1) is 24.2. The van der Waals surface area contributed by atoms with E-state index in [0.29, 0.717) is 12.0 Å². The maximum atomic E-state index is 14.5. The zero-order valence-corrected chi connectivity index (χ0v) is 19.4. The summed E-state index contributed by atoms with van der Waals surface area (Å²) in [5.41, 5.74) is 3.27. The third kappa shape index (κ3) is 7.01. The summed E-state index contributed by atoms with van der Waals surface area (Å²) in [5.74, 6) is -0.863. The second-order valence-electron chi connectivity index (χ2n) is 8.64. The van der Waals surface area contributed by atoms with E-state index in [9.17, 15) is 14.0 Å². The summed E-state index contributed by atoms with van der Waals surface area (Å²) in [7, 11) is 0. The molecule has 1 unspecified atom stereocenters. The molecule has 3 rings (SSSR count). The van der Waals surface area contributed by atoms with Crippen LogP contribution in [0.3, 0.4) is 0 Å². The standard InChI is InChI=1S/C28H31FN2O2/c1-20(2)30-28(33)26(17-22-9-5-4-6-10-22)31(19-24-11-7-8-12-25(24)29)27(32)18-23-15-13-21(3)14-16-23/h4-16,20,26H,17-19H2,1-3H3,(H,30,33). The molecule has 0 saturated carbocycles.